The van der Waals surface area contributed by atoms with Gasteiger partial charge in [-0.1, -0.05) is 38.1 Å². The van der Waals surface area contributed by atoms with Crippen molar-refractivity contribution in [2.75, 3.05) is 33.4 Å². The normalized spacial score (nSPS) is 12.2. The van der Waals surface area contributed by atoms with Crippen LogP contribution in [-0.2, 0) is 11.2 Å². The van der Waals surface area contributed by atoms with Crippen molar-refractivity contribution in [1.29, 1.82) is 0 Å². The van der Waals surface area contributed by atoms with Crippen molar-refractivity contribution in [3.8, 4) is 11.5 Å². The summed E-state index contributed by atoms with van der Waals surface area (Å²) in [7, 11) is 2.15. The van der Waals surface area contributed by atoms with Crippen LogP contribution >= 0.6 is 0 Å². The minimum absolute atomic E-state index is 0.0244. The van der Waals surface area contributed by atoms with Gasteiger partial charge in [-0.05, 0) is 81.4 Å². The molecule has 0 N–H and O–H groups in total. The molecule has 0 aliphatic carbocycles. The largest absolute Gasteiger partial charge is 0.494 e. The minimum atomic E-state index is -0.0244. The van der Waals surface area contributed by atoms with E-state index in [1.807, 2.05) is 26.0 Å². The molecule has 31 heavy (non-hydrogen) atoms. The van der Waals surface area contributed by atoms with E-state index < -0.39 is 0 Å². The molecule has 4 heteroatoms. The Morgan fingerprint density at radius 1 is 0.935 bits per heavy atom. The summed E-state index contributed by atoms with van der Waals surface area (Å²) >= 11 is 0. The summed E-state index contributed by atoms with van der Waals surface area (Å²) in [6.07, 6.45) is 3.93. The molecule has 0 aliphatic heterocycles. The van der Waals surface area contributed by atoms with Gasteiger partial charge < -0.3 is 19.2 Å². The molecule has 2 aromatic rings. The first-order valence-corrected chi connectivity index (χ1v) is 11.6. The lowest BCUT2D eigenvalue weighted by Gasteiger charge is -2.20. The molecule has 0 heterocycles. The fourth-order valence-electron chi connectivity index (χ4n) is 3.96. The summed E-state index contributed by atoms with van der Waals surface area (Å²) in [4.78, 5) is 14.1. The van der Waals surface area contributed by atoms with Crippen molar-refractivity contribution in [3.05, 3.63) is 59.2 Å². The third kappa shape index (κ3) is 8.02. The Bertz CT molecular complexity index is 779. The zero-order valence-corrected chi connectivity index (χ0v) is 19.9. The zero-order valence-electron chi connectivity index (χ0n) is 19.9. The van der Waals surface area contributed by atoms with E-state index in [1.54, 1.807) is 0 Å². The van der Waals surface area contributed by atoms with Crippen molar-refractivity contribution in [2.45, 2.75) is 58.8 Å². The molecule has 1 unspecified atom stereocenters. The average Bonchev–Trinajstić information content (AvgIpc) is 2.76. The number of carbonyl (C=O) groups excluding carboxylic acids is 1. The number of rotatable bonds is 14. The van der Waals surface area contributed by atoms with Crippen LogP contribution in [0.25, 0.3) is 0 Å². The third-order valence-corrected chi connectivity index (χ3v) is 5.58. The SMILES string of the molecule is CCOc1cc(CCN(C)CCCC(C=O)c2ccccc2C(C)C)cc(OCC)c1. The van der Waals surface area contributed by atoms with Crippen molar-refractivity contribution < 1.29 is 14.3 Å². The second-order valence-electron chi connectivity index (χ2n) is 8.40. The second-order valence-corrected chi connectivity index (χ2v) is 8.40. The number of carbonyl (C=O) groups is 1. The molecule has 0 bridgehead atoms. The molecule has 0 aliphatic rings. The van der Waals surface area contributed by atoms with E-state index in [0.29, 0.717) is 19.1 Å². The van der Waals surface area contributed by atoms with Crippen molar-refractivity contribution in [1.82, 2.24) is 4.90 Å². The van der Waals surface area contributed by atoms with Crippen LogP contribution in [0.1, 0.15) is 69.1 Å². The summed E-state index contributed by atoms with van der Waals surface area (Å²) in [5, 5.41) is 0. The lowest BCUT2D eigenvalue weighted by atomic mass is 9.87. The van der Waals surface area contributed by atoms with Gasteiger partial charge in [0.2, 0.25) is 0 Å². The predicted octanol–water partition coefficient (Wildman–Crippen LogP) is 5.84. The van der Waals surface area contributed by atoms with Crippen molar-refractivity contribution in [3.63, 3.8) is 0 Å². The molecular weight excluding hydrogens is 386 g/mol. The number of benzene rings is 2. The van der Waals surface area contributed by atoms with Crippen molar-refractivity contribution in [2.24, 2.45) is 0 Å². The Balaban J connectivity index is 1.88. The lowest BCUT2D eigenvalue weighted by Crippen LogP contribution is -2.23. The van der Waals surface area contributed by atoms with E-state index in [1.165, 1.54) is 16.7 Å². The number of ether oxygens (including phenoxy) is 2. The maximum atomic E-state index is 11.8. The Labute approximate surface area is 188 Å². The Morgan fingerprint density at radius 3 is 2.10 bits per heavy atom. The first-order valence-electron chi connectivity index (χ1n) is 11.6. The molecule has 0 spiro atoms. The fraction of sp³-hybridized carbons (Fsp3) is 0.519. The van der Waals surface area contributed by atoms with Gasteiger partial charge in [0.1, 0.15) is 17.8 Å². The fourth-order valence-corrected chi connectivity index (χ4v) is 3.96. The molecule has 0 amide bonds. The third-order valence-electron chi connectivity index (χ3n) is 5.58. The molecule has 0 saturated carbocycles. The zero-order chi connectivity index (χ0) is 22.6. The van der Waals surface area contributed by atoms with Crippen LogP contribution in [-0.4, -0.2) is 44.5 Å². The molecule has 1 atom stereocenters. The number of likely N-dealkylation sites (N-methyl/N-ethyl adjacent to an activating group) is 1. The summed E-state index contributed by atoms with van der Waals surface area (Å²) in [5.74, 6) is 2.13. The monoisotopic (exact) mass is 425 g/mol. The highest BCUT2D eigenvalue weighted by Crippen LogP contribution is 2.28. The highest BCUT2D eigenvalue weighted by molar-refractivity contribution is 5.63. The molecule has 4 nitrogen and oxygen atoms in total. The molecule has 0 saturated heterocycles. The quantitative estimate of drug-likeness (QED) is 0.356. The average molecular weight is 426 g/mol. The van der Waals surface area contributed by atoms with E-state index in [2.05, 4.69) is 56.1 Å². The van der Waals surface area contributed by atoms with E-state index in [-0.39, 0.29) is 5.92 Å². The molecule has 0 fully saturated rings. The van der Waals surface area contributed by atoms with Gasteiger partial charge in [-0.3, -0.25) is 0 Å². The summed E-state index contributed by atoms with van der Waals surface area (Å²) in [6.45, 7) is 11.6. The summed E-state index contributed by atoms with van der Waals surface area (Å²) in [5.41, 5.74) is 3.69. The Morgan fingerprint density at radius 2 is 1.55 bits per heavy atom. The van der Waals surface area contributed by atoms with E-state index in [9.17, 15) is 4.79 Å². The molecule has 0 radical (unpaired) electrons. The number of aldehydes is 1. The Hall–Kier alpha value is -2.33. The van der Waals surface area contributed by atoms with Crippen LogP contribution in [0.3, 0.4) is 0 Å². The minimum Gasteiger partial charge on any atom is -0.494 e. The van der Waals surface area contributed by atoms with Gasteiger partial charge in [0.25, 0.3) is 0 Å². The van der Waals surface area contributed by atoms with Gasteiger partial charge in [-0.2, -0.15) is 0 Å². The highest BCUT2D eigenvalue weighted by Gasteiger charge is 2.16. The van der Waals surface area contributed by atoms with Gasteiger partial charge in [-0.15, -0.1) is 0 Å². The Kier molecular flexibility index (Phi) is 10.6. The topological polar surface area (TPSA) is 38.8 Å². The highest BCUT2D eigenvalue weighted by atomic mass is 16.5. The number of nitrogens with zero attached hydrogens (tertiary/aromatic N) is 1. The van der Waals surface area contributed by atoms with E-state index in [4.69, 9.17) is 9.47 Å². The van der Waals surface area contributed by atoms with Gasteiger partial charge in [0.15, 0.2) is 0 Å². The molecular formula is C27H39NO3. The maximum Gasteiger partial charge on any atom is 0.127 e. The smallest absolute Gasteiger partial charge is 0.127 e. The van der Waals surface area contributed by atoms with Crippen LogP contribution in [0.2, 0.25) is 0 Å². The van der Waals surface area contributed by atoms with Gasteiger partial charge in [0.05, 0.1) is 13.2 Å². The van der Waals surface area contributed by atoms with Crippen LogP contribution in [0.5, 0.6) is 11.5 Å². The van der Waals surface area contributed by atoms with Crippen molar-refractivity contribution >= 4 is 6.29 Å². The standard InChI is InChI=1S/C27H39NO3/c1-6-30-24-17-22(18-25(19-24)31-7-2)14-16-28(5)15-10-11-23(20-29)27-13-9-8-12-26(27)21(3)4/h8-9,12-13,17-21,23H,6-7,10-11,14-16H2,1-5H3. The first kappa shape index (κ1) is 24.9. The molecule has 2 aromatic carbocycles. The molecule has 0 aromatic heterocycles. The van der Waals surface area contributed by atoms with Crippen LogP contribution < -0.4 is 9.47 Å². The number of hydrogen-bond donors (Lipinski definition) is 0. The summed E-state index contributed by atoms with van der Waals surface area (Å²) < 4.78 is 11.4. The number of hydrogen-bond acceptors (Lipinski definition) is 4. The van der Waals surface area contributed by atoms with E-state index in [0.717, 1.165) is 50.1 Å². The molecule has 170 valence electrons. The van der Waals surface area contributed by atoms with Crippen LogP contribution in [0.15, 0.2) is 42.5 Å². The predicted molar refractivity (Wildman–Crippen MR) is 129 cm³/mol. The molecule has 2 rings (SSSR count). The van der Waals surface area contributed by atoms with Gasteiger partial charge in [-0.25, -0.2) is 0 Å². The van der Waals surface area contributed by atoms with Gasteiger partial charge in [0, 0.05) is 18.5 Å². The second kappa shape index (κ2) is 13.2. The van der Waals surface area contributed by atoms with Gasteiger partial charge >= 0.3 is 0 Å². The summed E-state index contributed by atoms with van der Waals surface area (Å²) in [6, 6.07) is 14.5. The lowest BCUT2D eigenvalue weighted by molar-refractivity contribution is -0.109. The van der Waals surface area contributed by atoms with Crippen LogP contribution in [0.4, 0.5) is 0 Å². The first-order chi connectivity index (χ1) is 15.0. The van der Waals surface area contributed by atoms with E-state index >= 15 is 0 Å². The van der Waals surface area contributed by atoms with Crippen LogP contribution in [0, 0.1) is 0 Å². The maximum absolute atomic E-state index is 11.8.